The summed E-state index contributed by atoms with van der Waals surface area (Å²) in [5, 5.41) is 5.96. The monoisotopic (exact) mass is 483 g/mol. The number of carbonyl (C=O) groups excluding carboxylic acids is 3. The van der Waals surface area contributed by atoms with E-state index in [0.717, 1.165) is 0 Å². The lowest BCUT2D eigenvalue weighted by Gasteiger charge is -2.32. The van der Waals surface area contributed by atoms with Crippen molar-refractivity contribution in [1.82, 2.24) is 14.9 Å². The Hall–Kier alpha value is -3.66. The lowest BCUT2D eigenvalue weighted by atomic mass is 9.85. The second-order valence-corrected chi connectivity index (χ2v) is 8.71. The van der Waals surface area contributed by atoms with Crippen LogP contribution in [0, 0.1) is 5.92 Å². The topological polar surface area (TPSA) is 127 Å². The van der Waals surface area contributed by atoms with Crippen molar-refractivity contribution in [2.24, 2.45) is 5.92 Å². The molecule has 3 amide bonds. The Morgan fingerprint density at radius 1 is 1.09 bits per heavy atom. The summed E-state index contributed by atoms with van der Waals surface area (Å²) in [6.45, 7) is 1.00. The highest BCUT2D eigenvalue weighted by molar-refractivity contribution is 6.30. The van der Waals surface area contributed by atoms with Crippen LogP contribution < -0.4 is 10.6 Å². The lowest BCUT2D eigenvalue weighted by Crippen LogP contribution is -2.40. The average molecular weight is 484 g/mol. The number of nitrogens with zero attached hydrogens (tertiary/aromatic N) is 3. The summed E-state index contributed by atoms with van der Waals surface area (Å²) in [5.41, 5.74) is 0.985. The zero-order chi connectivity index (χ0) is 23.7. The zero-order valence-electron chi connectivity index (χ0n) is 18.1. The molecular weight excluding hydrogens is 462 g/mol. The number of hydrogen-bond donors (Lipinski definition) is 2. The maximum atomic E-state index is 13.1. The van der Waals surface area contributed by atoms with Crippen molar-refractivity contribution in [3.63, 3.8) is 0 Å². The number of pyridine rings is 2. The van der Waals surface area contributed by atoms with Gasteiger partial charge in [-0.25, -0.2) is 9.78 Å². The van der Waals surface area contributed by atoms with E-state index in [1.807, 2.05) is 0 Å². The molecule has 2 aliphatic rings. The van der Waals surface area contributed by atoms with Crippen LogP contribution in [0.1, 0.15) is 36.2 Å². The Morgan fingerprint density at radius 2 is 1.91 bits per heavy atom. The van der Waals surface area contributed by atoms with Gasteiger partial charge in [-0.05, 0) is 49.9 Å². The molecule has 1 aliphatic carbocycles. The Morgan fingerprint density at radius 3 is 2.62 bits per heavy atom. The number of ether oxygens (including phenoxy) is 1. The number of carbonyl (C=O) groups is 3. The van der Waals surface area contributed by atoms with E-state index >= 15 is 0 Å². The highest BCUT2D eigenvalue weighted by atomic mass is 35.5. The van der Waals surface area contributed by atoms with Crippen molar-refractivity contribution in [2.45, 2.75) is 31.7 Å². The summed E-state index contributed by atoms with van der Waals surface area (Å²) in [7, 11) is 0. The third-order valence-electron chi connectivity index (χ3n) is 6.17. The number of aromatic nitrogens is 2. The van der Waals surface area contributed by atoms with E-state index in [9.17, 15) is 14.4 Å². The average Bonchev–Trinajstić information content (AvgIpc) is 3.44. The van der Waals surface area contributed by atoms with Gasteiger partial charge in [0.2, 0.25) is 11.7 Å². The molecule has 3 aromatic heterocycles. The van der Waals surface area contributed by atoms with Crippen LogP contribution in [0.25, 0.3) is 11.1 Å². The first-order valence-corrected chi connectivity index (χ1v) is 11.4. The molecule has 0 aromatic carbocycles. The smallest absolute Gasteiger partial charge is 0.410 e. The number of cyclic esters (lactones) is 1. The van der Waals surface area contributed by atoms with Gasteiger partial charge >= 0.3 is 6.09 Å². The zero-order valence-corrected chi connectivity index (χ0v) is 18.9. The van der Waals surface area contributed by atoms with Crippen LogP contribution in [0.4, 0.5) is 16.3 Å². The van der Waals surface area contributed by atoms with E-state index in [1.165, 1.54) is 6.20 Å². The summed E-state index contributed by atoms with van der Waals surface area (Å²) >= 11 is 5.85. The number of nitrogens with one attached hydrogen (secondary N) is 2. The molecule has 10 nitrogen and oxygen atoms in total. The first-order valence-electron chi connectivity index (χ1n) is 11.0. The Labute approximate surface area is 199 Å². The molecule has 0 atom stereocenters. The van der Waals surface area contributed by atoms with E-state index in [0.29, 0.717) is 60.8 Å². The van der Waals surface area contributed by atoms with E-state index < -0.39 is 5.91 Å². The minimum absolute atomic E-state index is 0.0627. The Balaban J connectivity index is 1.32. The quantitative estimate of drug-likeness (QED) is 0.559. The highest BCUT2D eigenvalue weighted by Crippen LogP contribution is 2.33. The van der Waals surface area contributed by atoms with Gasteiger partial charge in [-0.3, -0.25) is 14.6 Å². The van der Waals surface area contributed by atoms with Crippen molar-refractivity contribution in [3.8, 4) is 0 Å². The largest absolute Gasteiger partial charge is 0.448 e. The molecule has 11 heteroatoms. The normalized spacial score (nSPS) is 20.3. The third-order valence-corrected chi connectivity index (χ3v) is 6.39. The van der Waals surface area contributed by atoms with Crippen molar-refractivity contribution in [3.05, 3.63) is 47.4 Å². The molecule has 0 radical (unpaired) electrons. The molecule has 3 aromatic rings. The molecular formula is C23H22ClN5O5. The van der Waals surface area contributed by atoms with E-state index in [2.05, 4.69) is 20.6 Å². The molecule has 176 valence electrons. The number of anilines is 2. The van der Waals surface area contributed by atoms with Crippen molar-refractivity contribution >= 4 is 52.1 Å². The summed E-state index contributed by atoms with van der Waals surface area (Å²) in [4.78, 5) is 48.0. The Kier molecular flexibility index (Phi) is 6.06. The fourth-order valence-electron chi connectivity index (χ4n) is 4.44. The van der Waals surface area contributed by atoms with Crippen LogP contribution in [-0.2, 0) is 9.53 Å². The predicted octanol–water partition coefficient (Wildman–Crippen LogP) is 4.08. The Bertz CT molecular complexity index is 1240. The van der Waals surface area contributed by atoms with Gasteiger partial charge < -0.3 is 24.7 Å². The van der Waals surface area contributed by atoms with Gasteiger partial charge in [-0.2, -0.15) is 0 Å². The molecule has 0 unspecified atom stereocenters. The molecule has 2 fully saturated rings. The maximum Gasteiger partial charge on any atom is 0.410 e. The molecule has 2 N–H and O–H groups in total. The van der Waals surface area contributed by atoms with Crippen LogP contribution in [0.15, 0.2) is 41.1 Å². The van der Waals surface area contributed by atoms with Crippen LogP contribution >= 0.6 is 11.6 Å². The van der Waals surface area contributed by atoms with Crippen molar-refractivity contribution in [1.29, 1.82) is 0 Å². The van der Waals surface area contributed by atoms with E-state index in [4.69, 9.17) is 20.8 Å². The molecule has 0 bridgehead atoms. The van der Waals surface area contributed by atoms with Gasteiger partial charge in [0.15, 0.2) is 5.58 Å². The number of rotatable bonds is 5. The minimum atomic E-state index is -0.570. The van der Waals surface area contributed by atoms with Crippen LogP contribution in [0.5, 0.6) is 0 Å². The van der Waals surface area contributed by atoms with Crippen LogP contribution in [-0.4, -0.2) is 52.0 Å². The standard InChI is InChI=1S/C23H22ClN5O5/c24-14-5-8-17(26-12-14)27-22(31)20-19(18-16(34-20)2-1-9-25-18)28-21(30)13-3-6-15(7-4-13)29-10-11-33-23(29)32/h1-2,5,8-9,12-13,15H,3-4,6-7,10-11H2,(H,28,30)(H,26,27,31). The SMILES string of the molecule is O=C(Nc1ccc(Cl)cn1)c1oc2cccnc2c1NC(=O)C1CCC(N2CCOC2=O)CC1. The molecule has 1 aliphatic heterocycles. The molecule has 0 spiro atoms. The molecule has 4 heterocycles. The van der Waals surface area contributed by atoms with Crippen molar-refractivity contribution < 1.29 is 23.5 Å². The van der Waals surface area contributed by atoms with Gasteiger partial charge in [0, 0.05) is 24.4 Å². The maximum absolute atomic E-state index is 13.1. The summed E-state index contributed by atoms with van der Waals surface area (Å²) in [5.74, 6) is -0.808. The number of amides is 3. The lowest BCUT2D eigenvalue weighted by molar-refractivity contribution is -0.121. The summed E-state index contributed by atoms with van der Waals surface area (Å²) in [6.07, 6.45) is 5.38. The van der Waals surface area contributed by atoms with E-state index in [-0.39, 0.29) is 35.4 Å². The molecule has 5 rings (SSSR count). The van der Waals surface area contributed by atoms with Gasteiger partial charge in [0.25, 0.3) is 5.91 Å². The number of halogens is 1. The number of fused-ring (bicyclic) bond motifs is 1. The third kappa shape index (κ3) is 4.41. The van der Waals surface area contributed by atoms with Gasteiger partial charge in [0.1, 0.15) is 23.6 Å². The summed E-state index contributed by atoms with van der Waals surface area (Å²) < 4.78 is 10.8. The molecule has 34 heavy (non-hydrogen) atoms. The number of furan rings is 1. The molecule has 1 saturated heterocycles. The van der Waals surface area contributed by atoms with Gasteiger partial charge in [0.05, 0.1) is 11.6 Å². The second kappa shape index (κ2) is 9.30. The van der Waals surface area contributed by atoms with Gasteiger partial charge in [-0.1, -0.05) is 11.6 Å². The fraction of sp³-hybridized carbons (Fsp3) is 0.348. The molecule has 1 saturated carbocycles. The van der Waals surface area contributed by atoms with Crippen LogP contribution in [0.3, 0.4) is 0 Å². The fourth-order valence-corrected chi connectivity index (χ4v) is 4.55. The van der Waals surface area contributed by atoms with E-state index in [1.54, 1.807) is 35.4 Å². The first-order chi connectivity index (χ1) is 16.5. The number of hydrogen-bond acceptors (Lipinski definition) is 7. The highest BCUT2D eigenvalue weighted by Gasteiger charge is 2.35. The predicted molar refractivity (Wildman–Crippen MR) is 124 cm³/mol. The van der Waals surface area contributed by atoms with Crippen molar-refractivity contribution in [2.75, 3.05) is 23.8 Å². The summed E-state index contributed by atoms with van der Waals surface area (Å²) in [6, 6.07) is 6.61. The minimum Gasteiger partial charge on any atom is -0.448 e. The first kappa shape index (κ1) is 22.1. The van der Waals surface area contributed by atoms with Gasteiger partial charge in [-0.15, -0.1) is 0 Å². The second-order valence-electron chi connectivity index (χ2n) is 8.27. The van der Waals surface area contributed by atoms with Crippen LogP contribution in [0.2, 0.25) is 5.02 Å².